The highest BCUT2D eigenvalue weighted by molar-refractivity contribution is 5.52. The minimum atomic E-state index is 0.0979. The third kappa shape index (κ3) is 2.85. The van der Waals surface area contributed by atoms with Crippen LogP contribution in [0.25, 0.3) is 4.85 Å². The molecule has 0 saturated heterocycles. The molecule has 0 heterocycles. The van der Waals surface area contributed by atoms with Crippen molar-refractivity contribution in [1.29, 1.82) is 0 Å². The zero-order chi connectivity index (χ0) is 12.6. The average molecular weight is 215 g/mol. The highest BCUT2D eigenvalue weighted by Crippen LogP contribution is 2.32. The smallest absolute Gasteiger partial charge is 0.187 e. The van der Waals surface area contributed by atoms with Crippen molar-refractivity contribution in [3.8, 4) is 0 Å². The van der Waals surface area contributed by atoms with Gasteiger partial charge in [-0.1, -0.05) is 70.9 Å². The molecule has 0 aromatic heterocycles. The Hall–Kier alpha value is -1.29. The molecule has 86 valence electrons. The number of hydrogen-bond acceptors (Lipinski definition) is 0. The van der Waals surface area contributed by atoms with Crippen molar-refractivity contribution in [2.75, 3.05) is 0 Å². The maximum absolute atomic E-state index is 7.17. The molecule has 0 aliphatic rings. The monoisotopic (exact) mass is 215 g/mol. The van der Waals surface area contributed by atoms with Crippen LogP contribution in [0.4, 0.5) is 5.69 Å². The summed E-state index contributed by atoms with van der Waals surface area (Å²) < 4.78 is 0. The van der Waals surface area contributed by atoms with Crippen molar-refractivity contribution in [2.24, 2.45) is 0 Å². The summed E-state index contributed by atoms with van der Waals surface area (Å²) in [6.07, 6.45) is 0. The van der Waals surface area contributed by atoms with Crippen molar-refractivity contribution in [1.82, 2.24) is 0 Å². The van der Waals surface area contributed by atoms with E-state index in [4.69, 9.17) is 6.57 Å². The van der Waals surface area contributed by atoms with E-state index in [9.17, 15) is 0 Å². The van der Waals surface area contributed by atoms with Gasteiger partial charge in [-0.25, -0.2) is 4.85 Å². The third-order valence-electron chi connectivity index (χ3n) is 2.78. The first-order chi connectivity index (χ1) is 7.14. The number of benzene rings is 1. The van der Waals surface area contributed by atoms with E-state index < -0.39 is 0 Å². The quantitative estimate of drug-likeness (QED) is 0.546. The highest BCUT2D eigenvalue weighted by atomic mass is 14.6. The van der Waals surface area contributed by atoms with Gasteiger partial charge in [0.15, 0.2) is 5.69 Å². The minimum absolute atomic E-state index is 0.0979. The third-order valence-corrected chi connectivity index (χ3v) is 2.78. The maximum atomic E-state index is 7.17. The first-order valence-corrected chi connectivity index (χ1v) is 5.68. The van der Waals surface area contributed by atoms with E-state index in [2.05, 4.69) is 52.5 Å². The molecule has 0 aliphatic carbocycles. The van der Waals surface area contributed by atoms with E-state index in [1.807, 2.05) is 12.1 Å². The van der Waals surface area contributed by atoms with Gasteiger partial charge in [0.2, 0.25) is 0 Å². The van der Waals surface area contributed by atoms with Gasteiger partial charge in [0.1, 0.15) is 0 Å². The Balaban J connectivity index is 3.41. The summed E-state index contributed by atoms with van der Waals surface area (Å²) in [5, 5.41) is 0. The molecule has 1 heteroatoms. The van der Waals surface area contributed by atoms with Crippen LogP contribution in [0.1, 0.15) is 52.7 Å². The second-order valence-corrected chi connectivity index (χ2v) is 6.38. The van der Waals surface area contributed by atoms with E-state index >= 15 is 0 Å². The molecule has 0 unspecified atom stereocenters. The molecule has 1 nitrogen and oxygen atoms in total. The van der Waals surface area contributed by atoms with Crippen LogP contribution in [0.2, 0.25) is 0 Å². The van der Waals surface area contributed by atoms with Crippen molar-refractivity contribution in [3.05, 3.63) is 40.7 Å². The van der Waals surface area contributed by atoms with Crippen molar-refractivity contribution in [2.45, 2.75) is 52.4 Å². The Bertz CT molecular complexity index is 390. The molecule has 0 amide bonds. The molecule has 0 bridgehead atoms. The van der Waals surface area contributed by atoms with Gasteiger partial charge < -0.3 is 0 Å². The fourth-order valence-electron chi connectivity index (χ4n) is 1.54. The lowest BCUT2D eigenvalue weighted by molar-refractivity contribution is 0.569. The van der Waals surface area contributed by atoms with Crippen molar-refractivity contribution >= 4 is 5.69 Å². The first kappa shape index (κ1) is 12.8. The molecular weight excluding hydrogens is 194 g/mol. The van der Waals surface area contributed by atoms with Gasteiger partial charge in [-0.05, 0) is 10.8 Å². The van der Waals surface area contributed by atoms with Gasteiger partial charge in [0.05, 0.1) is 6.57 Å². The Labute approximate surface area is 99.3 Å². The fraction of sp³-hybridized carbons (Fsp3) is 0.533. The maximum Gasteiger partial charge on any atom is 0.187 e. The van der Waals surface area contributed by atoms with E-state index in [0.29, 0.717) is 0 Å². The molecule has 1 rings (SSSR count). The summed E-state index contributed by atoms with van der Waals surface area (Å²) in [6.45, 7) is 20.3. The van der Waals surface area contributed by atoms with Gasteiger partial charge in [-0.2, -0.15) is 0 Å². The Morgan fingerprint density at radius 1 is 0.812 bits per heavy atom. The molecule has 0 radical (unpaired) electrons. The average Bonchev–Trinajstić information content (AvgIpc) is 2.14. The van der Waals surface area contributed by atoms with Gasteiger partial charge in [0.25, 0.3) is 0 Å². The van der Waals surface area contributed by atoms with E-state index in [1.165, 1.54) is 11.1 Å². The van der Waals surface area contributed by atoms with Crippen molar-refractivity contribution in [3.63, 3.8) is 0 Å². The topological polar surface area (TPSA) is 4.36 Å². The summed E-state index contributed by atoms with van der Waals surface area (Å²) in [5.41, 5.74) is 3.43. The minimum Gasteiger partial charge on any atom is -0.238 e. The Morgan fingerprint density at radius 3 is 1.44 bits per heavy atom. The summed E-state index contributed by atoms with van der Waals surface area (Å²) in [6, 6.07) is 6.24. The zero-order valence-corrected chi connectivity index (χ0v) is 11.2. The summed E-state index contributed by atoms with van der Waals surface area (Å²) in [4.78, 5) is 3.57. The van der Waals surface area contributed by atoms with E-state index in [1.54, 1.807) is 0 Å². The zero-order valence-electron chi connectivity index (χ0n) is 11.2. The Morgan fingerprint density at radius 2 is 1.19 bits per heavy atom. The number of rotatable bonds is 0. The largest absolute Gasteiger partial charge is 0.238 e. The van der Waals surface area contributed by atoms with Crippen molar-refractivity contribution < 1.29 is 0 Å². The molecule has 1 aromatic rings. The fourth-order valence-corrected chi connectivity index (χ4v) is 1.54. The molecule has 16 heavy (non-hydrogen) atoms. The molecule has 0 saturated carbocycles. The predicted molar refractivity (Wildman–Crippen MR) is 70.1 cm³/mol. The van der Waals surface area contributed by atoms with Crippen LogP contribution in [0, 0.1) is 6.57 Å². The summed E-state index contributed by atoms with van der Waals surface area (Å²) in [5.74, 6) is 0. The first-order valence-electron chi connectivity index (χ1n) is 5.68. The molecule has 0 spiro atoms. The predicted octanol–water partition coefficient (Wildman–Crippen LogP) is 4.83. The molecule has 0 N–H and O–H groups in total. The van der Waals surface area contributed by atoms with Gasteiger partial charge in [-0.15, -0.1) is 0 Å². The normalized spacial score (nSPS) is 12.3. The molecular formula is C15H21N. The summed E-state index contributed by atoms with van der Waals surface area (Å²) >= 11 is 0. The van der Waals surface area contributed by atoms with Crippen LogP contribution in [-0.4, -0.2) is 0 Å². The van der Waals surface area contributed by atoms with Crippen LogP contribution in [0.3, 0.4) is 0 Å². The number of hydrogen-bond donors (Lipinski definition) is 0. The molecule has 1 aromatic carbocycles. The lowest BCUT2D eigenvalue weighted by atomic mass is 9.80. The van der Waals surface area contributed by atoms with E-state index in [0.717, 1.165) is 5.69 Å². The van der Waals surface area contributed by atoms with Gasteiger partial charge in [-0.3, -0.25) is 0 Å². The van der Waals surface area contributed by atoms with Crippen LogP contribution >= 0.6 is 0 Å². The summed E-state index contributed by atoms with van der Waals surface area (Å²) in [7, 11) is 0. The van der Waals surface area contributed by atoms with Gasteiger partial charge >= 0.3 is 0 Å². The van der Waals surface area contributed by atoms with Crippen LogP contribution in [-0.2, 0) is 10.8 Å². The number of nitrogens with zero attached hydrogens (tertiary/aromatic N) is 1. The lowest BCUT2D eigenvalue weighted by Crippen LogP contribution is -2.15. The van der Waals surface area contributed by atoms with E-state index in [-0.39, 0.29) is 10.8 Å². The molecule has 0 aliphatic heterocycles. The molecule has 0 fully saturated rings. The highest BCUT2D eigenvalue weighted by Gasteiger charge is 2.20. The van der Waals surface area contributed by atoms with Crippen LogP contribution in [0.15, 0.2) is 18.2 Å². The second kappa shape index (κ2) is 3.94. The van der Waals surface area contributed by atoms with Crippen LogP contribution < -0.4 is 0 Å². The Kier molecular flexibility index (Phi) is 3.15. The lowest BCUT2D eigenvalue weighted by Gasteiger charge is -2.25. The van der Waals surface area contributed by atoms with Gasteiger partial charge in [0, 0.05) is 0 Å². The second-order valence-electron chi connectivity index (χ2n) is 6.38. The molecule has 0 atom stereocenters. The SMILES string of the molecule is [C-]#[N+]c1cc(C(C)(C)C)cc(C(C)(C)C)c1. The van der Waals surface area contributed by atoms with Crippen LogP contribution in [0.5, 0.6) is 0 Å². The standard InChI is InChI=1S/C15H21N/c1-14(2,3)11-8-12(15(4,5)6)10-13(9-11)16-7/h8-10H,1-6H3.